The summed E-state index contributed by atoms with van der Waals surface area (Å²) < 4.78 is 31.5. The van der Waals surface area contributed by atoms with E-state index in [9.17, 15) is 28.1 Å². The number of nitrogens with zero attached hydrogens (tertiary/aromatic N) is 3. The highest BCUT2D eigenvalue weighted by molar-refractivity contribution is 7.92. The highest BCUT2D eigenvalue weighted by atomic mass is 35.5. The van der Waals surface area contributed by atoms with Crippen LogP contribution in [-0.2, 0) is 26.2 Å². The second-order valence-electron chi connectivity index (χ2n) is 8.62. The van der Waals surface area contributed by atoms with Crippen molar-refractivity contribution < 1.29 is 27.7 Å². The summed E-state index contributed by atoms with van der Waals surface area (Å²) in [5.74, 6) is -1.05. The molecule has 0 spiro atoms. The number of sulfonamides is 1. The number of methoxy groups -OCH3 is 1. The van der Waals surface area contributed by atoms with Gasteiger partial charge in [0.05, 0.1) is 18.3 Å². The molecule has 0 fully saturated rings. The van der Waals surface area contributed by atoms with Crippen LogP contribution in [0.1, 0.15) is 32.8 Å². The van der Waals surface area contributed by atoms with E-state index in [1.54, 1.807) is 45.0 Å². The molecular weight excluding hydrogens is 524 g/mol. The van der Waals surface area contributed by atoms with Gasteiger partial charge in [-0.05, 0) is 44.0 Å². The van der Waals surface area contributed by atoms with E-state index in [1.807, 2.05) is 0 Å². The van der Waals surface area contributed by atoms with Gasteiger partial charge in [0.1, 0.15) is 24.0 Å². The van der Waals surface area contributed by atoms with Crippen LogP contribution < -0.4 is 14.4 Å². The number of carbonyl (C=O) groups is 2. The molecule has 0 aliphatic rings. The van der Waals surface area contributed by atoms with Crippen molar-refractivity contribution in [1.82, 2.24) is 10.2 Å². The van der Waals surface area contributed by atoms with Gasteiger partial charge in [-0.2, -0.15) is 0 Å². The van der Waals surface area contributed by atoms with Gasteiger partial charge in [-0.25, -0.2) is 8.42 Å². The Morgan fingerprint density at radius 2 is 1.78 bits per heavy atom. The van der Waals surface area contributed by atoms with Crippen LogP contribution in [0.2, 0.25) is 5.02 Å². The van der Waals surface area contributed by atoms with Crippen molar-refractivity contribution in [3.05, 3.63) is 63.2 Å². The van der Waals surface area contributed by atoms with Crippen LogP contribution in [0.5, 0.6) is 5.75 Å². The third kappa shape index (κ3) is 8.05. The lowest BCUT2D eigenvalue weighted by molar-refractivity contribution is -0.384. The maximum atomic E-state index is 13.7. The predicted octanol–water partition coefficient (Wildman–Crippen LogP) is 3.35. The molecule has 2 aromatic rings. The molecule has 0 saturated heterocycles. The second-order valence-corrected chi connectivity index (χ2v) is 11.0. The topological polar surface area (TPSA) is 139 Å². The van der Waals surface area contributed by atoms with E-state index in [2.05, 4.69) is 5.32 Å². The molecule has 2 rings (SSSR count). The molecule has 0 heterocycles. The molecule has 0 saturated carbocycles. The number of amides is 2. The fourth-order valence-electron chi connectivity index (χ4n) is 3.67. The van der Waals surface area contributed by atoms with E-state index < -0.39 is 39.3 Å². The zero-order valence-electron chi connectivity index (χ0n) is 21.3. The van der Waals surface area contributed by atoms with Crippen molar-refractivity contribution in [3.63, 3.8) is 0 Å². The van der Waals surface area contributed by atoms with Gasteiger partial charge in [-0.15, -0.1) is 0 Å². The molecule has 37 heavy (non-hydrogen) atoms. The molecular formula is C24H31ClN4O7S. The number of nitro groups is 1. The van der Waals surface area contributed by atoms with E-state index in [1.165, 1.54) is 24.1 Å². The molecule has 13 heteroatoms. The lowest BCUT2D eigenvalue weighted by Crippen LogP contribution is -2.53. The molecule has 0 aliphatic carbocycles. The smallest absolute Gasteiger partial charge is 0.271 e. The van der Waals surface area contributed by atoms with Crippen LogP contribution in [0.15, 0.2) is 42.5 Å². The number of rotatable bonds is 12. The summed E-state index contributed by atoms with van der Waals surface area (Å²) in [4.78, 5) is 38.6. The quantitative estimate of drug-likeness (QED) is 0.313. The number of ether oxygens (including phenoxy) is 1. The van der Waals surface area contributed by atoms with Gasteiger partial charge in [0, 0.05) is 29.7 Å². The first-order valence-electron chi connectivity index (χ1n) is 11.4. The molecule has 2 amide bonds. The molecule has 1 atom stereocenters. The Hall–Kier alpha value is -3.38. The van der Waals surface area contributed by atoms with Gasteiger partial charge in [-0.1, -0.05) is 30.7 Å². The lowest BCUT2D eigenvalue weighted by Gasteiger charge is -2.33. The largest absolute Gasteiger partial charge is 0.495 e. The third-order valence-corrected chi connectivity index (χ3v) is 6.78. The molecule has 0 aliphatic heterocycles. The Kier molecular flexibility index (Phi) is 10.3. The van der Waals surface area contributed by atoms with Crippen molar-refractivity contribution in [2.24, 2.45) is 0 Å². The van der Waals surface area contributed by atoms with Crippen LogP contribution >= 0.6 is 11.6 Å². The van der Waals surface area contributed by atoms with Gasteiger partial charge in [0.2, 0.25) is 21.8 Å². The van der Waals surface area contributed by atoms with Crippen molar-refractivity contribution in [1.29, 1.82) is 0 Å². The minimum Gasteiger partial charge on any atom is -0.495 e. The number of nitrogens with one attached hydrogen (secondary N) is 1. The first-order chi connectivity index (χ1) is 17.3. The summed E-state index contributed by atoms with van der Waals surface area (Å²) in [5, 5.41) is 14.6. The lowest BCUT2D eigenvalue weighted by atomic mass is 10.1. The summed E-state index contributed by atoms with van der Waals surface area (Å²) >= 11 is 5.98. The maximum absolute atomic E-state index is 13.7. The van der Waals surface area contributed by atoms with Crippen molar-refractivity contribution in [2.45, 2.75) is 45.8 Å². The predicted molar refractivity (Wildman–Crippen MR) is 141 cm³/mol. The van der Waals surface area contributed by atoms with E-state index in [0.717, 1.165) is 16.6 Å². The average molecular weight is 555 g/mol. The molecule has 0 aromatic heterocycles. The highest BCUT2D eigenvalue weighted by Crippen LogP contribution is 2.34. The fraction of sp³-hybridized carbons (Fsp3) is 0.417. The van der Waals surface area contributed by atoms with E-state index in [0.29, 0.717) is 10.6 Å². The summed E-state index contributed by atoms with van der Waals surface area (Å²) in [6.07, 6.45) is 1.14. The number of nitro benzene ring substituents is 1. The third-order valence-electron chi connectivity index (χ3n) is 5.40. The zero-order valence-corrected chi connectivity index (χ0v) is 22.9. The van der Waals surface area contributed by atoms with Crippen molar-refractivity contribution >= 4 is 44.8 Å². The maximum Gasteiger partial charge on any atom is 0.271 e. The Bertz CT molecular complexity index is 1240. The molecule has 0 radical (unpaired) electrons. The Morgan fingerprint density at radius 3 is 2.27 bits per heavy atom. The number of hydrogen-bond acceptors (Lipinski definition) is 7. The highest BCUT2D eigenvalue weighted by Gasteiger charge is 2.33. The number of non-ortho nitro benzene ring substituents is 1. The molecule has 0 bridgehead atoms. The molecule has 202 valence electrons. The van der Waals surface area contributed by atoms with E-state index >= 15 is 0 Å². The van der Waals surface area contributed by atoms with E-state index in [-0.39, 0.29) is 36.1 Å². The monoisotopic (exact) mass is 554 g/mol. The molecule has 2 aromatic carbocycles. The zero-order chi connectivity index (χ0) is 27.9. The van der Waals surface area contributed by atoms with Crippen molar-refractivity contribution in [2.75, 3.05) is 24.2 Å². The molecule has 11 nitrogen and oxygen atoms in total. The fourth-order valence-corrected chi connectivity index (χ4v) is 4.64. The van der Waals surface area contributed by atoms with Gasteiger partial charge in [0.25, 0.3) is 5.69 Å². The average Bonchev–Trinajstić information content (AvgIpc) is 2.81. The normalized spacial score (nSPS) is 12.1. The SMILES string of the molecule is CC[C@H](C(=O)NC(C)C)N(Cc1ccc(Cl)cc1)C(=O)CN(c1cc([N+](=O)[O-])ccc1OC)S(C)(=O)=O. The standard InChI is InChI=1S/C24H31ClN4O7S/c1-6-20(24(31)26-16(2)3)27(14-17-7-9-18(25)10-8-17)23(30)15-28(37(5,34)35)21-13-19(29(32)33)11-12-22(21)36-4/h7-13,16,20H,6,14-15H2,1-5H3,(H,26,31)/t20-/m1/s1. The number of carbonyl (C=O) groups excluding carboxylic acids is 2. The van der Waals surface area contributed by atoms with Crippen LogP contribution in [0.25, 0.3) is 0 Å². The Balaban J connectivity index is 2.55. The second kappa shape index (κ2) is 12.7. The van der Waals surface area contributed by atoms with Crippen LogP contribution in [0.3, 0.4) is 0 Å². The van der Waals surface area contributed by atoms with Crippen molar-refractivity contribution in [3.8, 4) is 5.75 Å². The van der Waals surface area contributed by atoms with E-state index in [4.69, 9.17) is 16.3 Å². The minimum atomic E-state index is -4.11. The number of hydrogen-bond donors (Lipinski definition) is 1. The Morgan fingerprint density at radius 1 is 1.16 bits per heavy atom. The summed E-state index contributed by atoms with van der Waals surface area (Å²) in [7, 11) is -2.83. The molecule has 1 N–H and O–H groups in total. The van der Waals surface area contributed by atoms with Gasteiger partial charge >= 0.3 is 0 Å². The van der Waals surface area contributed by atoms with Crippen LogP contribution in [0.4, 0.5) is 11.4 Å². The number of anilines is 1. The summed E-state index contributed by atoms with van der Waals surface area (Å²) in [5.41, 5.74) is 0.128. The summed E-state index contributed by atoms with van der Waals surface area (Å²) in [6, 6.07) is 9.06. The van der Waals surface area contributed by atoms with Gasteiger partial charge < -0.3 is 15.0 Å². The number of benzene rings is 2. The van der Waals surface area contributed by atoms with Gasteiger partial charge in [0.15, 0.2) is 0 Å². The minimum absolute atomic E-state index is 0.00367. The summed E-state index contributed by atoms with van der Waals surface area (Å²) in [6.45, 7) is 4.61. The van der Waals surface area contributed by atoms with Crippen LogP contribution in [-0.4, -0.2) is 62.0 Å². The van der Waals surface area contributed by atoms with Gasteiger partial charge in [-0.3, -0.25) is 24.0 Å². The Labute approximate surface area is 221 Å². The first kappa shape index (κ1) is 29.8. The van der Waals surface area contributed by atoms with Crippen LogP contribution in [0, 0.1) is 10.1 Å². The first-order valence-corrected chi connectivity index (χ1v) is 13.7. The number of halogens is 1. The molecule has 0 unspecified atom stereocenters.